The molecule has 7 heteroatoms. The minimum atomic E-state index is -1.29. The first kappa shape index (κ1) is 20.5. The topological polar surface area (TPSA) is 99.4 Å². The van der Waals surface area contributed by atoms with Crippen LogP contribution in [0.4, 0.5) is 0 Å². The van der Waals surface area contributed by atoms with E-state index in [1.54, 1.807) is 0 Å². The molecule has 0 amide bonds. The number of rotatable bonds is 4. The van der Waals surface area contributed by atoms with Crippen LogP contribution in [0.15, 0.2) is 36.4 Å². The molecule has 5 atom stereocenters. The highest BCUT2D eigenvalue weighted by atomic mass is 32.2. The van der Waals surface area contributed by atoms with E-state index < -0.39 is 28.8 Å². The summed E-state index contributed by atoms with van der Waals surface area (Å²) in [5, 5.41) is 39.3. The molecule has 0 bridgehead atoms. The lowest BCUT2D eigenvalue weighted by molar-refractivity contribution is -0.0700. The second kappa shape index (κ2) is 8.53. The van der Waals surface area contributed by atoms with Gasteiger partial charge in [-0.1, -0.05) is 24.3 Å². The lowest BCUT2D eigenvalue weighted by atomic mass is 9.93. The Labute approximate surface area is 174 Å². The maximum absolute atomic E-state index is 10.5. The summed E-state index contributed by atoms with van der Waals surface area (Å²) >= 11 is 1.30. The third-order valence-electron chi connectivity index (χ3n) is 5.60. The minimum absolute atomic E-state index is 0.262. The largest absolute Gasteiger partial charge is 0.486 e. The summed E-state index contributed by atoms with van der Waals surface area (Å²) in [5.41, 5.74) is 4.19. The molecule has 4 N–H and O–H groups in total. The van der Waals surface area contributed by atoms with Gasteiger partial charge in [-0.05, 0) is 47.7 Å². The van der Waals surface area contributed by atoms with Gasteiger partial charge in [0.15, 0.2) is 11.5 Å². The maximum atomic E-state index is 10.5. The van der Waals surface area contributed by atoms with Crippen LogP contribution in [0.3, 0.4) is 0 Å². The van der Waals surface area contributed by atoms with Crippen molar-refractivity contribution in [1.82, 2.24) is 0 Å². The first-order valence-electron chi connectivity index (χ1n) is 9.76. The van der Waals surface area contributed by atoms with Crippen molar-refractivity contribution in [3.8, 4) is 11.5 Å². The smallest absolute Gasteiger partial charge is 0.161 e. The number of aliphatic hydroxyl groups is 4. The van der Waals surface area contributed by atoms with Gasteiger partial charge in [0, 0.05) is 0 Å². The number of hydrogen-bond acceptors (Lipinski definition) is 7. The molecular weight excluding hydrogens is 392 g/mol. The number of aryl methyl sites for hydroxylation is 1. The molecule has 0 aliphatic carbocycles. The van der Waals surface area contributed by atoms with Crippen LogP contribution in [0.25, 0.3) is 0 Å². The fraction of sp³-hybridized carbons (Fsp3) is 0.455. The molecule has 1 saturated heterocycles. The third-order valence-corrected chi connectivity index (χ3v) is 7.22. The molecule has 1 fully saturated rings. The van der Waals surface area contributed by atoms with Crippen LogP contribution in [0.5, 0.6) is 11.5 Å². The zero-order chi connectivity index (χ0) is 20.5. The monoisotopic (exact) mass is 418 g/mol. The van der Waals surface area contributed by atoms with Crippen molar-refractivity contribution in [2.75, 3.05) is 19.8 Å². The number of aliphatic hydroxyl groups excluding tert-OH is 4. The van der Waals surface area contributed by atoms with Crippen molar-refractivity contribution in [1.29, 1.82) is 0 Å². The Hall–Kier alpha value is -1.77. The Morgan fingerprint density at radius 1 is 0.931 bits per heavy atom. The van der Waals surface area contributed by atoms with Gasteiger partial charge in [-0.15, -0.1) is 11.8 Å². The minimum Gasteiger partial charge on any atom is -0.486 e. The van der Waals surface area contributed by atoms with Gasteiger partial charge in [0.25, 0.3) is 0 Å². The Morgan fingerprint density at radius 2 is 1.69 bits per heavy atom. The Kier molecular flexibility index (Phi) is 6.03. The Balaban J connectivity index is 1.59. The molecule has 2 aliphatic heterocycles. The average molecular weight is 419 g/mol. The Bertz CT molecular complexity index is 870. The van der Waals surface area contributed by atoms with Gasteiger partial charge in [-0.2, -0.15) is 0 Å². The standard InChI is InChI=1S/C22H26O6S/c1-12-2-4-14(22-21(26)20(25)19(24)18(11-23)29-22)10-15(12)8-13-3-5-16-17(9-13)28-7-6-27-16/h2-5,9-10,18-26H,6-8,11H2,1H3/t18-,19-,20+,21-,22+/m1/s1. The number of hydrogen-bond donors (Lipinski definition) is 4. The van der Waals surface area contributed by atoms with E-state index in [4.69, 9.17) is 9.47 Å². The van der Waals surface area contributed by atoms with E-state index in [1.807, 2.05) is 43.3 Å². The summed E-state index contributed by atoms with van der Waals surface area (Å²) in [6.45, 7) is 2.88. The lowest BCUT2D eigenvalue weighted by Gasteiger charge is -2.39. The average Bonchev–Trinajstić information content (AvgIpc) is 2.74. The number of fused-ring (bicyclic) bond motifs is 1. The van der Waals surface area contributed by atoms with E-state index in [2.05, 4.69) is 0 Å². The molecule has 2 heterocycles. The SMILES string of the molecule is Cc1ccc([C@@H]2S[C@H](CO)[C@@H](O)[C@H](O)[C@H]2O)cc1Cc1ccc2c(c1)OCCO2. The molecule has 2 aromatic rings. The second-order valence-corrected chi connectivity index (χ2v) is 8.98. The molecule has 29 heavy (non-hydrogen) atoms. The maximum Gasteiger partial charge on any atom is 0.161 e. The fourth-order valence-corrected chi connectivity index (χ4v) is 5.26. The van der Waals surface area contributed by atoms with Gasteiger partial charge in [0.1, 0.15) is 19.3 Å². The van der Waals surface area contributed by atoms with Crippen molar-refractivity contribution >= 4 is 11.8 Å². The van der Waals surface area contributed by atoms with Gasteiger partial charge >= 0.3 is 0 Å². The van der Waals surface area contributed by atoms with Crippen LogP contribution < -0.4 is 9.47 Å². The van der Waals surface area contributed by atoms with Gasteiger partial charge < -0.3 is 29.9 Å². The van der Waals surface area contributed by atoms with Crippen molar-refractivity contribution in [3.05, 3.63) is 58.7 Å². The van der Waals surface area contributed by atoms with Gasteiger partial charge in [0.2, 0.25) is 0 Å². The predicted octanol–water partition coefficient (Wildman–Crippen LogP) is 1.59. The van der Waals surface area contributed by atoms with Gasteiger partial charge in [-0.25, -0.2) is 0 Å². The van der Waals surface area contributed by atoms with Gasteiger partial charge in [0.05, 0.1) is 29.3 Å². The summed E-state index contributed by atoms with van der Waals surface area (Å²) in [7, 11) is 0. The fourth-order valence-electron chi connectivity index (χ4n) is 3.85. The van der Waals surface area contributed by atoms with E-state index in [9.17, 15) is 20.4 Å². The lowest BCUT2D eigenvalue weighted by Crippen LogP contribution is -2.51. The van der Waals surface area contributed by atoms with E-state index >= 15 is 0 Å². The van der Waals surface area contributed by atoms with Crippen molar-refractivity contribution in [2.24, 2.45) is 0 Å². The quantitative estimate of drug-likeness (QED) is 0.598. The first-order valence-corrected chi connectivity index (χ1v) is 10.7. The van der Waals surface area contributed by atoms with Crippen molar-refractivity contribution < 1.29 is 29.9 Å². The second-order valence-electron chi connectivity index (χ2n) is 7.59. The predicted molar refractivity (Wildman–Crippen MR) is 111 cm³/mol. The summed E-state index contributed by atoms with van der Waals surface area (Å²) in [5.74, 6) is 1.51. The summed E-state index contributed by atoms with van der Waals surface area (Å²) in [4.78, 5) is 0. The van der Waals surface area contributed by atoms with Crippen LogP contribution in [0.1, 0.15) is 27.5 Å². The van der Waals surface area contributed by atoms with E-state index in [0.29, 0.717) is 19.6 Å². The van der Waals surface area contributed by atoms with E-state index in [-0.39, 0.29) is 6.61 Å². The van der Waals surface area contributed by atoms with Crippen molar-refractivity contribution in [3.63, 3.8) is 0 Å². The van der Waals surface area contributed by atoms with Crippen LogP contribution in [-0.4, -0.2) is 63.8 Å². The Morgan fingerprint density at radius 3 is 2.45 bits per heavy atom. The molecule has 0 saturated carbocycles. The molecule has 6 nitrogen and oxygen atoms in total. The molecular formula is C22H26O6S. The number of ether oxygens (including phenoxy) is 2. The molecule has 0 radical (unpaired) electrons. The van der Waals surface area contributed by atoms with Crippen LogP contribution in [0, 0.1) is 6.92 Å². The normalized spacial score (nSPS) is 28.9. The molecule has 2 aliphatic rings. The number of benzene rings is 2. The summed E-state index contributed by atoms with van der Waals surface area (Å²) in [6, 6.07) is 11.9. The molecule has 0 spiro atoms. The molecule has 2 aromatic carbocycles. The van der Waals surface area contributed by atoms with Crippen molar-refractivity contribution in [2.45, 2.75) is 42.2 Å². The molecule has 156 valence electrons. The summed E-state index contributed by atoms with van der Waals surface area (Å²) in [6.07, 6.45) is -2.86. The molecule has 0 unspecified atom stereocenters. The zero-order valence-corrected chi connectivity index (χ0v) is 17.0. The first-order chi connectivity index (χ1) is 14.0. The molecule has 0 aromatic heterocycles. The van der Waals surface area contributed by atoms with Gasteiger partial charge in [-0.3, -0.25) is 0 Å². The zero-order valence-electron chi connectivity index (χ0n) is 16.2. The van der Waals surface area contributed by atoms with Crippen LogP contribution >= 0.6 is 11.8 Å². The van der Waals surface area contributed by atoms with E-state index in [1.165, 1.54) is 11.8 Å². The highest BCUT2D eigenvalue weighted by Gasteiger charge is 2.43. The van der Waals surface area contributed by atoms with Crippen LogP contribution in [-0.2, 0) is 6.42 Å². The summed E-state index contributed by atoms with van der Waals surface area (Å²) < 4.78 is 11.3. The third kappa shape index (κ3) is 4.11. The molecule has 4 rings (SSSR count). The number of thioether (sulfide) groups is 1. The van der Waals surface area contributed by atoms with Crippen LogP contribution in [0.2, 0.25) is 0 Å². The highest BCUT2D eigenvalue weighted by Crippen LogP contribution is 2.43. The van der Waals surface area contributed by atoms with E-state index in [0.717, 1.165) is 33.8 Å². The highest BCUT2D eigenvalue weighted by molar-refractivity contribution is 8.00.